The van der Waals surface area contributed by atoms with Gasteiger partial charge in [0, 0.05) is 50.0 Å². The Hall–Kier alpha value is -2.52. The average molecular weight is 358 g/mol. The second-order valence-electron chi connectivity index (χ2n) is 6.25. The van der Waals surface area contributed by atoms with Crippen LogP contribution in [0.2, 0.25) is 0 Å². The molecule has 9 nitrogen and oxygen atoms in total. The Morgan fingerprint density at radius 3 is 2.42 bits per heavy atom. The van der Waals surface area contributed by atoms with Crippen LogP contribution in [0.1, 0.15) is 12.8 Å². The fourth-order valence-electron chi connectivity index (χ4n) is 2.96. The second-order valence-corrected chi connectivity index (χ2v) is 6.25. The van der Waals surface area contributed by atoms with Gasteiger partial charge in [0.2, 0.25) is 17.8 Å². The topological polar surface area (TPSA) is 109 Å². The smallest absolute Gasteiger partial charge is 0.229 e. The lowest BCUT2D eigenvalue weighted by Crippen LogP contribution is -2.37. The first kappa shape index (κ1) is 16.9. The highest BCUT2D eigenvalue weighted by molar-refractivity contribution is 5.60. The molecule has 2 fully saturated rings. The van der Waals surface area contributed by atoms with Crippen LogP contribution in [0.25, 0.3) is 11.3 Å². The van der Waals surface area contributed by atoms with Crippen molar-refractivity contribution in [2.24, 2.45) is 0 Å². The molecule has 0 unspecified atom stereocenters. The van der Waals surface area contributed by atoms with Gasteiger partial charge < -0.3 is 24.8 Å². The fourth-order valence-corrected chi connectivity index (χ4v) is 2.96. The molecule has 0 saturated carbocycles. The Kier molecular flexibility index (Phi) is 5.07. The molecule has 138 valence electrons. The zero-order chi connectivity index (χ0) is 17.8. The maximum Gasteiger partial charge on any atom is 0.229 e. The van der Waals surface area contributed by atoms with Crippen molar-refractivity contribution >= 4 is 11.9 Å². The van der Waals surface area contributed by atoms with E-state index < -0.39 is 0 Å². The van der Waals surface area contributed by atoms with Crippen molar-refractivity contribution in [1.82, 2.24) is 19.9 Å². The van der Waals surface area contributed by atoms with E-state index in [2.05, 4.69) is 24.8 Å². The summed E-state index contributed by atoms with van der Waals surface area (Å²) in [7, 11) is 0. The zero-order valence-electron chi connectivity index (χ0n) is 14.5. The van der Waals surface area contributed by atoms with Crippen LogP contribution in [0, 0.1) is 0 Å². The summed E-state index contributed by atoms with van der Waals surface area (Å²) in [6.45, 7) is 4.25. The van der Waals surface area contributed by atoms with Gasteiger partial charge in [0.25, 0.3) is 0 Å². The lowest BCUT2D eigenvalue weighted by Gasteiger charge is -2.28. The van der Waals surface area contributed by atoms with Crippen molar-refractivity contribution in [2.75, 3.05) is 50.2 Å². The van der Waals surface area contributed by atoms with Crippen molar-refractivity contribution in [3.63, 3.8) is 0 Å². The Morgan fingerprint density at radius 1 is 1.00 bits per heavy atom. The number of hydrogen-bond donors (Lipinski definition) is 1. The molecular weight excluding hydrogens is 336 g/mol. The van der Waals surface area contributed by atoms with E-state index in [0.717, 1.165) is 31.5 Å². The molecule has 26 heavy (non-hydrogen) atoms. The summed E-state index contributed by atoms with van der Waals surface area (Å²) in [5, 5.41) is 0. The summed E-state index contributed by atoms with van der Waals surface area (Å²) in [6.07, 6.45) is 5.14. The first-order valence-electron chi connectivity index (χ1n) is 8.82. The van der Waals surface area contributed by atoms with E-state index in [1.54, 1.807) is 12.4 Å². The van der Waals surface area contributed by atoms with E-state index in [1.165, 1.54) is 0 Å². The lowest BCUT2D eigenvalue weighted by atomic mass is 10.1. The maximum atomic E-state index is 6.12. The van der Waals surface area contributed by atoms with Crippen molar-refractivity contribution in [3.05, 3.63) is 18.5 Å². The van der Waals surface area contributed by atoms with Gasteiger partial charge in [-0.25, -0.2) is 15.0 Å². The van der Waals surface area contributed by atoms with Crippen LogP contribution in [0.3, 0.4) is 0 Å². The minimum atomic E-state index is 0.103. The fraction of sp³-hybridized carbons (Fsp3) is 0.529. The van der Waals surface area contributed by atoms with Crippen LogP contribution in [-0.2, 0) is 9.47 Å². The summed E-state index contributed by atoms with van der Waals surface area (Å²) in [4.78, 5) is 19.5. The molecule has 2 saturated heterocycles. The van der Waals surface area contributed by atoms with Crippen LogP contribution >= 0.6 is 0 Å². The molecule has 9 heteroatoms. The van der Waals surface area contributed by atoms with Gasteiger partial charge in [0.15, 0.2) is 0 Å². The standard InChI is InChI=1S/C17H22N6O3/c18-16-19-10-12(11-20-16)14-9-15(26-13-1-5-24-6-2-13)22-17(21-14)23-3-7-25-8-4-23/h9-11,13H,1-8H2,(H2,18,19,20). The van der Waals surface area contributed by atoms with E-state index in [9.17, 15) is 0 Å². The number of nitrogen functional groups attached to an aromatic ring is 1. The molecule has 2 aliphatic rings. The third-order valence-corrected chi connectivity index (χ3v) is 4.41. The minimum absolute atomic E-state index is 0.103. The van der Waals surface area contributed by atoms with E-state index in [0.29, 0.717) is 43.9 Å². The number of nitrogens with two attached hydrogens (primary N) is 1. The zero-order valence-corrected chi connectivity index (χ0v) is 14.5. The molecular formula is C17H22N6O3. The summed E-state index contributed by atoms with van der Waals surface area (Å²) in [5.41, 5.74) is 7.07. The third kappa shape index (κ3) is 4.00. The van der Waals surface area contributed by atoms with Gasteiger partial charge in [-0.2, -0.15) is 4.98 Å². The first-order valence-corrected chi connectivity index (χ1v) is 8.82. The first-order chi connectivity index (χ1) is 12.8. The van der Waals surface area contributed by atoms with E-state index in [-0.39, 0.29) is 12.1 Å². The number of rotatable bonds is 4. The molecule has 0 aliphatic carbocycles. The Bertz CT molecular complexity index is 730. The molecule has 0 radical (unpaired) electrons. The number of nitrogens with zero attached hydrogens (tertiary/aromatic N) is 5. The molecule has 0 bridgehead atoms. The van der Waals surface area contributed by atoms with Crippen LogP contribution in [-0.4, -0.2) is 65.6 Å². The van der Waals surface area contributed by atoms with Crippen LogP contribution in [0.4, 0.5) is 11.9 Å². The van der Waals surface area contributed by atoms with Gasteiger partial charge in [-0.3, -0.25) is 0 Å². The normalized spacial score (nSPS) is 18.7. The highest BCUT2D eigenvalue weighted by atomic mass is 16.5. The van der Waals surface area contributed by atoms with E-state index in [4.69, 9.17) is 19.9 Å². The Balaban J connectivity index is 1.65. The molecule has 0 aromatic carbocycles. The largest absolute Gasteiger partial charge is 0.474 e. The average Bonchev–Trinajstić information content (AvgIpc) is 2.70. The monoisotopic (exact) mass is 358 g/mol. The number of aromatic nitrogens is 4. The van der Waals surface area contributed by atoms with Crippen molar-refractivity contribution in [2.45, 2.75) is 18.9 Å². The molecule has 4 heterocycles. The number of anilines is 2. The van der Waals surface area contributed by atoms with Gasteiger partial charge in [-0.05, 0) is 0 Å². The van der Waals surface area contributed by atoms with E-state index >= 15 is 0 Å². The van der Waals surface area contributed by atoms with Gasteiger partial charge in [-0.15, -0.1) is 0 Å². The predicted molar refractivity (Wildman–Crippen MR) is 95.0 cm³/mol. The predicted octanol–water partition coefficient (Wildman–Crippen LogP) is 0.910. The molecule has 2 N–H and O–H groups in total. The van der Waals surface area contributed by atoms with Crippen molar-refractivity contribution in [3.8, 4) is 17.1 Å². The molecule has 2 aromatic heterocycles. The SMILES string of the molecule is Nc1ncc(-c2cc(OC3CCOCC3)nc(N3CCOCC3)n2)cn1. The number of ether oxygens (including phenoxy) is 3. The summed E-state index contributed by atoms with van der Waals surface area (Å²) in [6, 6.07) is 1.83. The molecule has 2 aliphatic heterocycles. The quantitative estimate of drug-likeness (QED) is 0.853. The summed E-state index contributed by atoms with van der Waals surface area (Å²) >= 11 is 0. The minimum Gasteiger partial charge on any atom is -0.474 e. The second kappa shape index (κ2) is 7.79. The van der Waals surface area contributed by atoms with Gasteiger partial charge in [-0.1, -0.05) is 0 Å². The molecule has 0 atom stereocenters. The highest BCUT2D eigenvalue weighted by Gasteiger charge is 2.20. The van der Waals surface area contributed by atoms with Gasteiger partial charge >= 0.3 is 0 Å². The third-order valence-electron chi connectivity index (χ3n) is 4.41. The van der Waals surface area contributed by atoms with E-state index in [1.807, 2.05) is 6.07 Å². The number of hydrogen-bond acceptors (Lipinski definition) is 9. The molecule has 0 amide bonds. The van der Waals surface area contributed by atoms with Crippen LogP contribution in [0.15, 0.2) is 18.5 Å². The van der Waals surface area contributed by atoms with Gasteiger partial charge in [0.05, 0.1) is 32.1 Å². The van der Waals surface area contributed by atoms with Crippen molar-refractivity contribution in [1.29, 1.82) is 0 Å². The molecule has 4 rings (SSSR count). The summed E-state index contributed by atoms with van der Waals surface area (Å²) in [5.74, 6) is 1.42. The Morgan fingerprint density at radius 2 is 1.69 bits per heavy atom. The van der Waals surface area contributed by atoms with Crippen molar-refractivity contribution < 1.29 is 14.2 Å². The lowest BCUT2D eigenvalue weighted by molar-refractivity contribution is 0.0237. The molecule has 2 aromatic rings. The Labute approximate surface area is 151 Å². The van der Waals surface area contributed by atoms with Gasteiger partial charge in [0.1, 0.15) is 6.10 Å². The van der Waals surface area contributed by atoms with Crippen LogP contribution < -0.4 is 15.4 Å². The summed E-state index contributed by atoms with van der Waals surface area (Å²) < 4.78 is 16.9. The number of morpholine rings is 1. The highest BCUT2D eigenvalue weighted by Crippen LogP contribution is 2.26. The molecule has 0 spiro atoms. The van der Waals surface area contributed by atoms with Crippen LogP contribution in [0.5, 0.6) is 5.88 Å². The maximum absolute atomic E-state index is 6.12.